The molecule has 1 fully saturated rings. The molecule has 2 rings (SSSR count). The predicted molar refractivity (Wildman–Crippen MR) is 94.1 cm³/mol. The van der Waals surface area contributed by atoms with Gasteiger partial charge in [-0.1, -0.05) is 18.9 Å². The summed E-state index contributed by atoms with van der Waals surface area (Å²) < 4.78 is 10.7. The highest BCUT2D eigenvalue weighted by molar-refractivity contribution is 5.74. The average Bonchev–Trinajstić information content (AvgIpc) is 2.60. The number of benzene rings is 1. The Labute approximate surface area is 144 Å². The number of nitrogens with one attached hydrogen (secondary N) is 2. The van der Waals surface area contributed by atoms with Gasteiger partial charge < -0.3 is 20.1 Å². The van der Waals surface area contributed by atoms with E-state index in [4.69, 9.17) is 15.9 Å². The molecule has 0 heterocycles. The molecule has 5 heteroatoms. The molecule has 0 aromatic heterocycles. The van der Waals surface area contributed by atoms with Gasteiger partial charge in [-0.25, -0.2) is 4.79 Å². The molecule has 0 aliphatic heterocycles. The molecule has 24 heavy (non-hydrogen) atoms. The summed E-state index contributed by atoms with van der Waals surface area (Å²) in [7, 11) is 1.58. The van der Waals surface area contributed by atoms with Crippen LogP contribution in [0.25, 0.3) is 0 Å². The molecule has 2 N–H and O–H groups in total. The number of hydrogen-bond donors (Lipinski definition) is 2. The summed E-state index contributed by atoms with van der Waals surface area (Å²) in [5.41, 5.74) is 0.926. The number of amides is 2. The van der Waals surface area contributed by atoms with Crippen LogP contribution < -0.4 is 20.1 Å². The molecule has 0 radical (unpaired) electrons. The van der Waals surface area contributed by atoms with E-state index in [0.29, 0.717) is 18.0 Å². The smallest absolute Gasteiger partial charge is 0.315 e. The van der Waals surface area contributed by atoms with Gasteiger partial charge in [-0.15, -0.1) is 6.42 Å². The van der Waals surface area contributed by atoms with Crippen LogP contribution in [0.5, 0.6) is 11.5 Å². The van der Waals surface area contributed by atoms with Gasteiger partial charge in [-0.3, -0.25) is 0 Å². The molecular weight excluding hydrogens is 304 g/mol. The quantitative estimate of drug-likeness (QED) is 0.788. The summed E-state index contributed by atoms with van der Waals surface area (Å²) in [5, 5.41) is 5.94. The fourth-order valence-corrected chi connectivity index (χ4v) is 2.89. The monoisotopic (exact) mass is 330 g/mol. The Morgan fingerprint density at radius 1 is 1.29 bits per heavy atom. The fourth-order valence-electron chi connectivity index (χ4n) is 2.89. The minimum Gasteiger partial charge on any atom is -0.493 e. The Hall–Kier alpha value is -2.35. The topological polar surface area (TPSA) is 59.6 Å². The van der Waals surface area contributed by atoms with Crippen LogP contribution in [0.4, 0.5) is 4.79 Å². The van der Waals surface area contributed by atoms with Crippen LogP contribution in [-0.4, -0.2) is 25.8 Å². The van der Waals surface area contributed by atoms with Crippen LogP contribution in [0.15, 0.2) is 18.2 Å². The third kappa shape index (κ3) is 5.38. The molecule has 1 aromatic carbocycles. The zero-order valence-electron chi connectivity index (χ0n) is 14.4. The summed E-state index contributed by atoms with van der Waals surface area (Å²) in [6, 6.07) is 5.69. The molecule has 0 spiro atoms. The van der Waals surface area contributed by atoms with Crippen LogP contribution in [0.2, 0.25) is 0 Å². The molecule has 1 aliphatic rings. The van der Waals surface area contributed by atoms with E-state index < -0.39 is 0 Å². The van der Waals surface area contributed by atoms with E-state index in [9.17, 15) is 4.79 Å². The number of methoxy groups -OCH3 is 1. The van der Waals surface area contributed by atoms with Crippen LogP contribution in [0.3, 0.4) is 0 Å². The van der Waals surface area contributed by atoms with Crippen molar-refractivity contribution in [1.82, 2.24) is 10.6 Å². The first kappa shape index (κ1) is 18.0. The summed E-state index contributed by atoms with van der Waals surface area (Å²) in [5.74, 6) is 4.40. The van der Waals surface area contributed by atoms with Crippen molar-refractivity contribution in [2.75, 3.05) is 13.7 Å². The maximum Gasteiger partial charge on any atom is 0.315 e. The molecule has 130 valence electrons. The number of hydrogen-bond acceptors (Lipinski definition) is 3. The fraction of sp³-hybridized carbons (Fsp3) is 0.526. The van der Waals surface area contributed by atoms with E-state index in [0.717, 1.165) is 24.3 Å². The first-order chi connectivity index (χ1) is 11.6. The third-order valence-electron chi connectivity index (χ3n) is 4.34. The highest BCUT2D eigenvalue weighted by Gasteiger charge is 2.19. The first-order valence-corrected chi connectivity index (χ1v) is 8.40. The molecule has 0 bridgehead atoms. The molecule has 1 aromatic rings. The SMILES string of the molecule is C#CCOc1cc(CNC(=O)NC2CCC(C)CC2)ccc1OC. The summed E-state index contributed by atoms with van der Waals surface area (Å²) >= 11 is 0. The minimum atomic E-state index is -0.128. The standard InChI is InChI=1S/C19H26N2O3/c1-4-11-24-18-12-15(7-10-17(18)23-3)13-20-19(22)21-16-8-5-14(2)6-9-16/h1,7,10,12,14,16H,5-6,8-9,11,13H2,2-3H3,(H2,20,21,22). The van der Waals surface area contributed by atoms with E-state index in [1.165, 1.54) is 12.8 Å². The second kappa shape index (κ2) is 9.07. The Morgan fingerprint density at radius 2 is 2.04 bits per heavy atom. The van der Waals surface area contributed by atoms with Gasteiger partial charge in [0.25, 0.3) is 0 Å². The van der Waals surface area contributed by atoms with Gasteiger partial charge in [0.2, 0.25) is 0 Å². The number of urea groups is 1. The normalized spacial score (nSPS) is 19.9. The Morgan fingerprint density at radius 3 is 2.71 bits per heavy atom. The van der Waals surface area contributed by atoms with Gasteiger partial charge in [0.1, 0.15) is 6.61 Å². The second-order valence-electron chi connectivity index (χ2n) is 6.26. The number of carbonyl (C=O) groups is 1. The van der Waals surface area contributed by atoms with Crippen molar-refractivity contribution in [3.8, 4) is 23.8 Å². The number of carbonyl (C=O) groups excluding carboxylic acids is 1. The van der Waals surface area contributed by atoms with E-state index in [2.05, 4.69) is 23.5 Å². The maximum absolute atomic E-state index is 12.0. The lowest BCUT2D eigenvalue weighted by Gasteiger charge is -2.26. The molecule has 5 nitrogen and oxygen atoms in total. The van der Waals surface area contributed by atoms with Crippen molar-refractivity contribution in [1.29, 1.82) is 0 Å². The van der Waals surface area contributed by atoms with E-state index in [1.807, 2.05) is 18.2 Å². The van der Waals surface area contributed by atoms with Crippen molar-refractivity contribution in [3.63, 3.8) is 0 Å². The maximum atomic E-state index is 12.0. The molecule has 0 saturated heterocycles. The van der Waals surface area contributed by atoms with Crippen molar-refractivity contribution in [2.24, 2.45) is 5.92 Å². The number of rotatable bonds is 6. The molecule has 1 saturated carbocycles. The van der Waals surface area contributed by atoms with E-state index >= 15 is 0 Å². The number of ether oxygens (including phenoxy) is 2. The molecular formula is C19H26N2O3. The van der Waals surface area contributed by atoms with Crippen molar-refractivity contribution in [3.05, 3.63) is 23.8 Å². The number of terminal acetylenes is 1. The Kier molecular flexibility index (Phi) is 6.80. The summed E-state index contributed by atoms with van der Waals surface area (Å²) in [6.45, 7) is 2.86. The zero-order valence-corrected chi connectivity index (χ0v) is 14.4. The van der Waals surface area contributed by atoms with Crippen LogP contribution >= 0.6 is 0 Å². The largest absolute Gasteiger partial charge is 0.493 e. The highest BCUT2D eigenvalue weighted by atomic mass is 16.5. The molecule has 0 unspecified atom stereocenters. The predicted octanol–water partition coefficient (Wildman–Crippen LogP) is 3.09. The van der Waals surface area contributed by atoms with Gasteiger partial charge >= 0.3 is 6.03 Å². The average molecular weight is 330 g/mol. The first-order valence-electron chi connectivity index (χ1n) is 8.40. The van der Waals surface area contributed by atoms with Crippen molar-refractivity contribution >= 4 is 6.03 Å². The van der Waals surface area contributed by atoms with Gasteiger partial charge in [0.05, 0.1) is 7.11 Å². The lowest BCUT2D eigenvalue weighted by Crippen LogP contribution is -2.43. The van der Waals surface area contributed by atoms with Crippen LogP contribution in [-0.2, 0) is 6.54 Å². The molecule has 2 amide bonds. The van der Waals surface area contributed by atoms with Gasteiger partial charge in [-0.05, 0) is 49.3 Å². The van der Waals surface area contributed by atoms with Crippen molar-refractivity contribution < 1.29 is 14.3 Å². The Balaban J connectivity index is 1.84. The van der Waals surface area contributed by atoms with Crippen LogP contribution in [0, 0.1) is 18.3 Å². The Bertz CT molecular complexity index is 587. The third-order valence-corrected chi connectivity index (χ3v) is 4.34. The second-order valence-corrected chi connectivity index (χ2v) is 6.26. The van der Waals surface area contributed by atoms with Crippen molar-refractivity contribution in [2.45, 2.75) is 45.2 Å². The van der Waals surface area contributed by atoms with Gasteiger partial charge in [0.15, 0.2) is 11.5 Å². The van der Waals surface area contributed by atoms with Gasteiger partial charge in [0, 0.05) is 12.6 Å². The molecule has 1 aliphatic carbocycles. The highest BCUT2D eigenvalue weighted by Crippen LogP contribution is 2.28. The van der Waals surface area contributed by atoms with E-state index in [1.54, 1.807) is 7.11 Å². The summed E-state index contributed by atoms with van der Waals surface area (Å²) in [6.07, 6.45) is 9.69. The molecule has 0 atom stereocenters. The van der Waals surface area contributed by atoms with E-state index in [-0.39, 0.29) is 18.7 Å². The lowest BCUT2D eigenvalue weighted by atomic mass is 9.87. The summed E-state index contributed by atoms with van der Waals surface area (Å²) in [4.78, 5) is 12.0. The zero-order chi connectivity index (χ0) is 17.4. The van der Waals surface area contributed by atoms with Crippen LogP contribution in [0.1, 0.15) is 38.2 Å². The minimum absolute atomic E-state index is 0.128. The van der Waals surface area contributed by atoms with Gasteiger partial charge in [-0.2, -0.15) is 0 Å². The lowest BCUT2D eigenvalue weighted by molar-refractivity contribution is 0.228.